The van der Waals surface area contributed by atoms with Gasteiger partial charge in [-0.15, -0.1) is 0 Å². The first-order valence-electron chi connectivity index (χ1n) is 6.91. The maximum atomic E-state index is 12.3. The molecule has 2 aliphatic heterocycles. The van der Waals surface area contributed by atoms with E-state index < -0.39 is 0 Å². The second-order valence-electron chi connectivity index (χ2n) is 5.68. The van der Waals surface area contributed by atoms with Crippen LogP contribution in [0.15, 0.2) is 33.4 Å². The molecule has 2 saturated heterocycles. The highest BCUT2D eigenvalue weighted by atomic mass is 79.9. The van der Waals surface area contributed by atoms with Crippen molar-refractivity contribution in [1.29, 1.82) is 0 Å². The lowest BCUT2D eigenvalue weighted by molar-refractivity contribution is 0.0924. The lowest BCUT2D eigenvalue weighted by atomic mass is 9.99. The van der Waals surface area contributed by atoms with E-state index in [0.717, 1.165) is 28.5 Å². The van der Waals surface area contributed by atoms with Crippen LogP contribution in [0.2, 0.25) is 0 Å². The fourth-order valence-corrected chi connectivity index (χ4v) is 3.76. The van der Waals surface area contributed by atoms with Crippen molar-refractivity contribution in [2.45, 2.75) is 12.5 Å². The summed E-state index contributed by atoms with van der Waals surface area (Å²) in [5.41, 5.74) is 1.40. The molecule has 0 radical (unpaired) electrons. The maximum Gasteiger partial charge on any atom is 0.251 e. The molecule has 1 aromatic heterocycles. The fourth-order valence-electron chi connectivity index (χ4n) is 3.34. The molecule has 0 aliphatic carbocycles. The summed E-state index contributed by atoms with van der Waals surface area (Å²) in [6.45, 7) is 3.31. The molecule has 2 fully saturated rings. The number of nitrogens with one attached hydrogen (secondary N) is 1. The molecular weight excluding hydrogens is 320 g/mol. The Hall–Kier alpha value is -1.33. The third kappa shape index (κ3) is 1.96. The summed E-state index contributed by atoms with van der Waals surface area (Å²) in [6, 6.07) is 5.88. The molecule has 1 aromatic carbocycles. The van der Waals surface area contributed by atoms with Gasteiger partial charge in [0.05, 0.1) is 4.47 Å². The third-order valence-corrected chi connectivity index (χ3v) is 5.05. The number of carbonyl (C=O) groups excluding carboxylic acids is 1. The number of halogens is 1. The quantitative estimate of drug-likeness (QED) is 0.918. The monoisotopic (exact) mass is 334 g/mol. The molecule has 20 heavy (non-hydrogen) atoms. The fraction of sp³-hybridized carbons (Fsp3) is 0.400. The number of furan rings is 1. The maximum absolute atomic E-state index is 12.3. The summed E-state index contributed by atoms with van der Waals surface area (Å²) in [5.74, 6) is 0.624. The Balaban J connectivity index is 1.54. The average Bonchev–Trinajstić information content (AvgIpc) is 3.14. The van der Waals surface area contributed by atoms with Crippen molar-refractivity contribution in [1.82, 2.24) is 10.2 Å². The van der Waals surface area contributed by atoms with Gasteiger partial charge in [0.25, 0.3) is 5.91 Å². The van der Waals surface area contributed by atoms with Gasteiger partial charge < -0.3 is 14.6 Å². The van der Waals surface area contributed by atoms with Crippen molar-refractivity contribution >= 4 is 32.8 Å². The number of rotatable bonds is 2. The molecule has 1 amide bonds. The first kappa shape index (κ1) is 12.4. The minimum absolute atomic E-state index is 0.00169. The number of fused-ring (bicyclic) bond motifs is 3. The Morgan fingerprint density at radius 1 is 1.40 bits per heavy atom. The van der Waals surface area contributed by atoms with Gasteiger partial charge in [-0.1, -0.05) is 0 Å². The molecule has 4 rings (SSSR count). The van der Waals surface area contributed by atoms with Gasteiger partial charge in [-0.05, 0) is 53.0 Å². The number of amides is 1. The molecule has 1 unspecified atom stereocenters. The highest BCUT2D eigenvalue weighted by Crippen LogP contribution is 2.29. The number of hydrogen-bond donors (Lipinski definition) is 1. The number of piperidine rings is 1. The first-order chi connectivity index (χ1) is 9.70. The predicted molar refractivity (Wildman–Crippen MR) is 79.7 cm³/mol. The molecule has 2 aromatic rings. The zero-order valence-electron chi connectivity index (χ0n) is 10.9. The van der Waals surface area contributed by atoms with Crippen LogP contribution in [-0.2, 0) is 0 Å². The van der Waals surface area contributed by atoms with Crippen LogP contribution in [-0.4, -0.2) is 36.5 Å². The van der Waals surface area contributed by atoms with Crippen molar-refractivity contribution in [3.05, 3.63) is 34.5 Å². The molecule has 5 heteroatoms. The van der Waals surface area contributed by atoms with Gasteiger partial charge in [0.2, 0.25) is 0 Å². The second-order valence-corrected chi connectivity index (χ2v) is 6.54. The molecule has 0 spiro atoms. The van der Waals surface area contributed by atoms with E-state index in [9.17, 15) is 4.79 Å². The van der Waals surface area contributed by atoms with Crippen LogP contribution < -0.4 is 5.32 Å². The zero-order chi connectivity index (χ0) is 13.7. The van der Waals surface area contributed by atoms with Gasteiger partial charge in [0.1, 0.15) is 11.8 Å². The Labute approximate surface area is 125 Å². The van der Waals surface area contributed by atoms with E-state index in [1.165, 1.54) is 13.0 Å². The number of hydrogen-bond acceptors (Lipinski definition) is 3. The smallest absolute Gasteiger partial charge is 0.251 e. The third-order valence-electron chi connectivity index (χ3n) is 4.44. The molecule has 3 heterocycles. The number of carbonyl (C=O) groups is 1. The topological polar surface area (TPSA) is 45.5 Å². The predicted octanol–water partition coefficient (Wildman–Crippen LogP) is 2.63. The standard InChI is InChI=1S/C15H15BrN2O2/c16-12-8-20-14-5-9(1-2-11(12)14)15(19)17-13-7-18-4-3-10(13)6-18/h1-2,5,8,10,13H,3-4,6-7H2,(H,17,19)/t10-,13-/m0/s1. The van der Waals surface area contributed by atoms with Crippen LogP contribution >= 0.6 is 15.9 Å². The summed E-state index contributed by atoms with van der Waals surface area (Å²) < 4.78 is 6.34. The summed E-state index contributed by atoms with van der Waals surface area (Å²) in [6.07, 6.45) is 2.85. The van der Waals surface area contributed by atoms with Crippen molar-refractivity contribution in [3.8, 4) is 0 Å². The molecule has 2 aliphatic rings. The van der Waals surface area contributed by atoms with Crippen molar-refractivity contribution < 1.29 is 9.21 Å². The van der Waals surface area contributed by atoms with Crippen molar-refractivity contribution in [2.75, 3.05) is 19.6 Å². The van der Waals surface area contributed by atoms with Gasteiger partial charge in [-0.25, -0.2) is 0 Å². The van der Waals surface area contributed by atoms with Crippen LogP contribution in [0.5, 0.6) is 0 Å². The van der Waals surface area contributed by atoms with Crippen molar-refractivity contribution in [3.63, 3.8) is 0 Å². The van der Waals surface area contributed by atoms with E-state index >= 15 is 0 Å². The minimum atomic E-state index is -0.00169. The Kier molecular flexibility index (Phi) is 2.86. The Bertz CT molecular complexity index is 682. The van der Waals surface area contributed by atoms with E-state index in [1.54, 1.807) is 6.26 Å². The van der Waals surface area contributed by atoms with E-state index in [1.807, 2.05) is 18.2 Å². The van der Waals surface area contributed by atoms with E-state index in [2.05, 4.69) is 26.1 Å². The van der Waals surface area contributed by atoms with Crippen molar-refractivity contribution in [2.24, 2.45) is 5.92 Å². The lowest BCUT2D eigenvalue weighted by Gasteiger charge is -2.23. The summed E-state index contributed by atoms with van der Waals surface area (Å²) in [4.78, 5) is 14.8. The number of benzene rings is 1. The van der Waals surface area contributed by atoms with Crippen LogP contribution in [0.3, 0.4) is 0 Å². The molecule has 104 valence electrons. The van der Waals surface area contributed by atoms with Gasteiger partial charge in [-0.2, -0.15) is 0 Å². The van der Waals surface area contributed by atoms with E-state index in [4.69, 9.17) is 4.42 Å². The zero-order valence-corrected chi connectivity index (χ0v) is 12.5. The largest absolute Gasteiger partial charge is 0.463 e. The van der Waals surface area contributed by atoms with Gasteiger partial charge in [-0.3, -0.25) is 4.79 Å². The Morgan fingerprint density at radius 3 is 3.05 bits per heavy atom. The summed E-state index contributed by atoms with van der Waals surface area (Å²) in [7, 11) is 0. The normalized spacial score (nSPS) is 28.1. The molecule has 3 atom stereocenters. The van der Waals surface area contributed by atoms with E-state index in [-0.39, 0.29) is 5.91 Å². The summed E-state index contributed by atoms with van der Waals surface area (Å²) >= 11 is 3.42. The van der Waals surface area contributed by atoms with Gasteiger partial charge >= 0.3 is 0 Å². The van der Waals surface area contributed by atoms with Gasteiger partial charge in [0, 0.05) is 30.1 Å². The molecule has 0 saturated carbocycles. The van der Waals surface area contributed by atoms with Gasteiger partial charge in [0.15, 0.2) is 0 Å². The average molecular weight is 335 g/mol. The highest BCUT2D eigenvalue weighted by molar-refractivity contribution is 9.10. The molecule has 4 nitrogen and oxygen atoms in total. The molecule has 2 bridgehead atoms. The highest BCUT2D eigenvalue weighted by Gasteiger charge is 2.38. The number of nitrogens with zero attached hydrogens (tertiary/aromatic N) is 1. The molecular formula is C15H15BrN2O2. The minimum Gasteiger partial charge on any atom is -0.463 e. The van der Waals surface area contributed by atoms with Crippen LogP contribution in [0.4, 0.5) is 0 Å². The second kappa shape index (κ2) is 4.60. The molecule has 1 N–H and O–H groups in total. The van der Waals surface area contributed by atoms with Crippen LogP contribution in [0.1, 0.15) is 16.8 Å². The van der Waals surface area contributed by atoms with Crippen LogP contribution in [0.25, 0.3) is 11.0 Å². The first-order valence-corrected chi connectivity index (χ1v) is 7.70. The lowest BCUT2D eigenvalue weighted by Crippen LogP contribution is -2.43. The SMILES string of the molecule is O=C(N[C@H]1CN2CC[C@H]1C2)c1ccc2c(Br)coc2c1. The summed E-state index contributed by atoms with van der Waals surface area (Å²) in [5, 5.41) is 4.16. The Morgan fingerprint density at radius 2 is 2.30 bits per heavy atom. The van der Waals surface area contributed by atoms with Crippen LogP contribution in [0, 0.1) is 5.92 Å². The van der Waals surface area contributed by atoms with E-state index in [0.29, 0.717) is 17.5 Å².